The van der Waals surface area contributed by atoms with Gasteiger partial charge in [-0.25, -0.2) is 14.9 Å². The first-order valence-electron chi connectivity index (χ1n) is 4.17. The summed E-state index contributed by atoms with van der Waals surface area (Å²) in [6, 6.07) is -0.380. The zero-order valence-corrected chi connectivity index (χ0v) is 8.09. The van der Waals surface area contributed by atoms with Gasteiger partial charge in [-0.3, -0.25) is 0 Å². The Bertz CT molecular complexity index is 228. The summed E-state index contributed by atoms with van der Waals surface area (Å²) >= 11 is 0. The number of carbonyl (C=O) groups excluding carboxylic acids is 2. The van der Waals surface area contributed by atoms with Gasteiger partial charge in [0.1, 0.15) is 5.60 Å². The molecule has 13 heavy (non-hydrogen) atoms. The molecule has 1 aliphatic rings. The van der Waals surface area contributed by atoms with Crippen molar-refractivity contribution < 1.29 is 14.3 Å². The topological polar surface area (TPSA) is 58.4 Å². The maximum atomic E-state index is 11.0. The zero-order valence-electron chi connectivity index (χ0n) is 8.09. The summed E-state index contributed by atoms with van der Waals surface area (Å²) in [6.07, 6.45) is -0.690. The van der Waals surface area contributed by atoms with Crippen molar-refractivity contribution in [3.63, 3.8) is 0 Å². The molecular formula is C8H14N2O3. The van der Waals surface area contributed by atoms with Crippen LogP contribution in [0.2, 0.25) is 0 Å². The van der Waals surface area contributed by atoms with Crippen LogP contribution in [-0.2, 0) is 4.74 Å². The lowest BCUT2D eigenvalue weighted by molar-refractivity contribution is 0.0543. The number of nitrogens with zero attached hydrogens (tertiary/aromatic N) is 1. The van der Waals surface area contributed by atoms with Gasteiger partial charge in [0.25, 0.3) is 0 Å². The molecule has 3 amide bonds. The number of ether oxygens (including phenoxy) is 1. The van der Waals surface area contributed by atoms with Gasteiger partial charge in [-0.1, -0.05) is 0 Å². The average molecular weight is 186 g/mol. The molecule has 74 valence electrons. The van der Waals surface area contributed by atoms with E-state index in [-0.39, 0.29) is 6.03 Å². The van der Waals surface area contributed by atoms with E-state index in [1.165, 1.54) is 4.90 Å². The number of nitrogens with one attached hydrogen (secondary N) is 1. The van der Waals surface area contributed by atoms with Crippen molar-refractivity contribution in [3.8, 4) is 0 Å². The van der Waals surface area contributed by atoms with Crippen molar-refractivity contribution in [2.24, 2.45) is 0 Å². The minimum absolute atomic E-state index is 0.380. The minimum Gasteiger partial charge on any atom is -0.443 e. The highest BCUT2D eigenvalue weighted by atomic mass is 16.6. The standard InChI is InChI=1S/C8H14N2O3/c1-8(2,3)13-7(12)9-6(11)10-4-5-10/h4-5H2,1-3H3,(H,9,11,12). The smallest absolute Gasteiger partial charge is 0.415 e. The van der Waals surface area contributed by atoms with Gasteiger partial charge in [0, 0.05) is 13.1 Å². The number of hydrogen-bond donors (Lipinski definition) is 1. The van der Waals surface area contributed by atoms with Gasteiger partial charge in [-0.2, -0.15) is 0 Å². The van der Waals surface area contributed by atoms with E-state index in [9.17, 15) is 9.59 Å². The predicted molar refractivity (Wildman–Crippen MR) is 46.3 cm³/mol. The van der Waals surface area contributed by atoms with Crippen LogP contribution in [0, 0.1) is 0 Å². The van der Waals surface area contributed by atoms with E-state index in [1.54, 1.807) is 20.8 Å². The molecule has 1 rings (SSSR count). The fourth-order valence-corrected chi connectivity index (χ4v) is 0.723. The molecular weight excluding hydrogens is 172 g/mol. The van der Waals surface area contributed by atoms with E-state index in [2.05, 4.69) is 5.32 Å². The van der Waals surface area contributed by atoms with Crippen LogP contribution >= 0.6 is 0 Å². The lowest BCUT2D eigenvalue weighted by Crippen LogP contribution is -2.38. The Morgan fingerprint density at radius 3 is 2.23 bits per heavy atom. The SMILES string of the molecule is CC(C)(C)OC(=O)NC(=O)N1CC1. The molecule has 0 aromatic carbocycles. The van der Waals surface area contributed by atoms with Gasteiger partial charge in [0.15, 0.2) is 0 Å². The molecule has 1 heterocycles. The van der Waals surface area contributed by atoms with Crippen LogP contribution in [0.1, 0.15) is 20.8 Å². The maximum absolute atomic E-state index is 11.0. The van der Waals surface area contributed by atoms with Crippen LogP contribution in [0.15, 0.2) is 0 Å². The molecule has 0 bridgehead atoms. The summed E-state index contributed by atoms with van der Waals surface area (Å²) in [5, 5.41) is 2.12. The lowest BCUT2D eigenvalue weighted by Gasteiger charge is -2.19. The lowest BCUT2D eigenvalue weighted by atomic mass is 10.2. The maximum Gasteiger partial charge on any atom is 0.415 e. The predicted octanol–water partition coefficient (Wildman–Crippen LogP) is 0.947. The average Bonchev–Trinajstić information content (AvgIpc) is 2.60. The van der Waals surface area contributed by atoms with Gasteiger partial charge >= 0.3 is 12.1 Å². The van der Waals surface area contributed by atoms with E-state index in [4.69, 9.17) is 4.74 Å². The molecule has 5 heteroatoms. The van der Waals surface area contributed by atoms with Crippen LogP contribution in [0.25, 0.3) is 0 Å². The third kappa shape index (κ3) is 3.78. The van der Waals surface area contributed by atoms with Gasteiger partial charge in [0.2, 0.25) is 0 Å². The third-order valence-corrected chi connectivity index (χ3v) is 1.34. The van der Waals surface area contributed by atoms with Gasteiger partial charge in [-0.15, -0.1) is 0 Å². The Kier molecular flexibility index (Phi) is 2.45. The Morgan fingerprint density at radius 1 is 1.31 bits per heavy atom. The molecule has 0 aliphatic carbocycles. The van der Waals surface area contributed by atoms with Crippen LogP contribution in [-0.4, -0.2) is 35.7 Å². The summed E-state index contributed by atoms with van der Waals surface area (Å²) in [6.45, 7) is 6.67. The number of rotatable bonds is 0. The molecule has 1 aliphatic heterocycles. The van der Waals surface area contributed by atoms with Crippen LogP contribution in [0.5, 0.6) is 0 Å². The van der Waals surface area contributed by atoms with Crippen LogP contribution in [0.3, 0.4) is 0 Å². The Morgan fingerprint density at radius 2 is 1.85 bits per heavy atom. The normalized spacial score (nSPS) is 15.2. The highest BCUT2D eigenvalue weighted by Gasteiger charge is 2.27. The fraction of sp³-hybridized carbons (Fsp3) is 0.750. The molecule has 1 fully saturated rings. The van der Waals surface area contributed by atoms with E-state index in [1.807, 2.05) is 0 Å². The monoisotopic (exact) mass is 186 g/mol. The van der Waals surface area contributed by atoms with Crippen LogP contribution in [0.4, 0.5) is 9.59 Å². The number of urea groups is 1. The second-order valence-electron chi connectivity index (χ2n) is 3.92. The molecule has 0 atom stereocenters. The first-order valence-corrected chi connectivity index (χ1v) is 4.17. The zero-order chi connectivity index (χ0) is 10.1. The largest absolute Gasteiger partial charge is 0.443 e. The quantitative estimate of drug-likeness (QED) is 0.573. The highest BCUT2D eigenvalue weighted by Crippen LogP contribution is 2.07. The Labute approximate surface area is 77.0 Å². The van der Waals surface area contributed by atoms with Gasteiger partial charge in [0.05, 0.1) is 0 Å². The Hall–Kier alpha value is -1.26. The molecule has 0 unspecified atom stereocenters. The van der Waals surface area contributed by atoms with Gasteiger partial charge in [-0.05, 0) is 20.8 Å². The number of imide groups is 1. The van der Waals surface area contributed by atoms with E-state index in [0.717, 1.165) is 0 Å². The number of alkyl carbamates (subject to hydrolysis) is 1. The van der Waals surface area contributed by atoms with Crippen molar-refractivity contribution in [3.05, 3.63) is 0 Å². The summed E-state index contributed by atoms with van der Waals surface area (Å²) in [5.74, 6) is 0. The summed E-state index contributed by atoms with van der Waals surface area (Å²) < 4.78 is 4.89. The first-order chi connectivity index (χ1) is 5.88. The number of amides is 3. The van der Waals surface area contributed by atoms with E-state index in [0.29, 0.717) is 13.1 Å². The summed E-state index contributed by atoms with van der Waals surface area (Å²) in [5.41, 5.74) is -0.566. The van der Waals surface area contributed by atoms with Crippen molar-refractivity contribution in [1.82, 2.24) is 10.2 Å². The minimum atomic E-state index is -0.690. The highest BCUT2D eigenvalue weighted by molar-refractivity contribution is 5.91. The van der Waals surface area contributed by atoms with Crippen LogP contribution < -0.4 is 5.32 Å². The van der Waals surface area contributed by atoms with Crippen molar-refractivity contribution >= 4 is 12.1 Å². The summed E-state index contributed by atoms with van der Waals surface area (Å²) in [7, 11) is 0. The molecule has 1 saturated heterocycles. The molecule has 0 spiro atoms. The first kappa shape index (κ1) is 9.83. The second kappa shape index (κ2) is 3.24. The van der Waals surface area contributed by atoms with Crippen molar-refractivity contribution in [2.75, 3.05) is 13.1 Å². The molecule has 0 aromatic heterocycles. The van der Waals surface area contributed by atoms with Crippen molar-refractivity contribution in [2.45, 2.75) is 26.4 Å². The molecule has 0 saturated carbocycles. The van der Waals surface area contributed by atoms with E-state index >= 15 is 0 Å². The molecule has 0 radical (unpaired) electrons. The molecule has 5 nitrogen and oxygen atoms in total. The van der Waals surface area contributed by atoms with E-state index < -0.39 is 11.7 Å². The number of carbonyl (C=O) groups is 2. The molecule has 1 N–H and O–H groups in total. The third-order valence-electron chi connectivity index (χ3n) is 1.34. The fourth-order valence-electron chi connectivity index (χ4n) is 0.723. The van der Waals surface area contributed by atoms with Gasteiger partial charge < -0.3 is 9.64 Å². The molecule has 0 aromatic rings. The Balaban J connectivity index is 2.28. The second-order valence-corrected chi connectivity index (χ2v) is 3.92. The van der Waals surface area contributed by atoms with Crippen molar-refractivity contribution in [1.29, 1.82) is 0 Å². The number of hydrogen-bond acceptors (Lipinski definition) is 3. The summed E-state index contributed by atoms with van der Waals surface area (Å²) in [4.78, 5) is 23.5.